The Bertz CT molecular complexity index is 681. The van der Waals surface area contributed by atoms with Crippen LogP contribution in [-0.4, -0.2) is 63.9 Å². The van der Waals surface area contributed by atoms with Crippen LogP contribution in [0.25, 0.3) is 0 Å². The van der Waals surface area contributed by atoms with Crippen LogP contribution in [0.4, 0.5) is 0 Å². The Kier molecular flexibility index (Phi) is 5.16. The Hall–Kier alpha value is -1.52. The van der Waals surface area contributed by atoms with Crippen molar-refractivity contribution < 1.29 is 19.7 Å². The number of rotatable bonds is 5. The van der Waals surface area contributed by atoms with E-state index in [9.17, 15) is 19.8 Å². The van der Waals surface area contributed by atoms with E-state index in [4.69, 9.17) is 9.47 Å². The number of aromatic amines is 1. The third-order valence-electron chi connectivity index (χ3n) is 4.56. The molecule has 0 aliphatic carbocycles. The zero-order valence-electron chi connectivity index (χ0n) is 13.5. The van der Waals surface area contributed by atoms with Gasteiger partial charge in [0.05, 0.1) is 13.2 Å². The second kappa shape index (κ2) is 7.16. The van der Waals surface area contributed by atoms with Crippen molar-refractivity contribution in [2.75, 3.05) is 19.8 Å². The number of aliphatic hydroxyl groups excluding tert-OH is 2. The highest BCUT2D eigenvalue weighted by Gasteiger charge is 2.46. The van der Waals surface area contributed by atoms with Gasteiger partial charge in [0.1, 0.15) is 18.3 Å². The molecule has 2 saturated heterocycles. The average molecular weight is 341 g/mol. The zero-order valence-corrected chi connectivity index (χ0v) is 13.5. The summed E-state index contributed by atoms with van der Waals surface area (Å²) in [6.07, 6.45) is -0.220. The lowest BCUT2D eigenvalue weighted by Crippen LogP contribution is -2.41. The Morgan fingerprint density at radius 1 is 1.46 bits per heavy atom. The molecule has 0 aromatic carbocycles. The minimum atomic E-state index is -1.07. The van der Waals surface area contributed by atoms with Crippen molar-refractivity contribution in [1.82, 2.24) is 14.9 Å². The summed E-state index contributed by atoms with van der Waals surface area (Å²) in [4.78, 5) is 25.8. The van der Waals surface area contributed by atoms with E-state index < -0.39 is 42.4 Å². The van der Waals surface area contributed by atoms with Gasteiger partial charge in [0, 0.05) is 17.8 Å². The monoisotopic (exact) mass is 341 g/mol. The first-order chi connectivity index (χ1) is 11.5. The maximum absolute atomic E-state index is 12.1. The number of ether oxygens (including phenoxy) is 2. The predicted molar refractivity (Wildman–Crippen MR) is 83.8 cm³/mol. The average Bonchev–Trinajstić information content (AvgIpc) is 3.17. The van der Waals surface area contributed by atoms with Gasteiger partial charge in [0.25, 0.3) is 5.56 Å². The Morgan fingerprint density at radius 3 is 2.92 bits per heavy atom. The van der Waals surface area contributed by atoms with Crippen molar-refractivity contribution in [3.8, 4) is 0 Å². The van der Waals surface area contributed by atoms with Gasteiger partial charge in [0.15, 0.2) is 6.23 Å². The molecule has 3 heterocycles. The summed E-state index contributed by atoms with van der Waals surface area (Å²) in [5.41, 5.74) is -0.772. The van der Waals surface area contributed by atoms with Gasteiger partial charge >= 0.3 is 5.69 Å². The second-order valence-electron chi connectivity index (χ2n) is 6.31. The van der Waals surface area contributed by atoms with E-state index in [1.807, 2.05) is 0 Å². The number of hydrogen-bond acceptors (Lipinski definition) is 7. The number of aromatic nitrogens is 2. The summed E-state index contributed by atoms with van der Waals surface area (Å²) in [6, 6.07) is 0.195. The molecule has 24 heavy (non-hydrogen) atoms. The van der Waals surface area contributed by atoms with Gasteiger partial charge in [0.2, 0.25) is 0 Å². The third kappa shape index (κ3) is 3.31. The summed E-state index contributed by atoms with van der Waals surface area (Å²) in [7, 11) is 0. The number of H-pyrrole nitrogens is 1. The van der Waals surface area contributed by atoms with E-state index >= 15 is 0 Å². The van der Waals surface area contributed by atoms with Crippen molar-refractivity contribution in [2.45, 2.75) is 50.3 Å². The Balaban J connectivity index is 1.84. The summed E-state index contributed by atoms with van der Waals surface area (Å²) in [5.74, 6) is 0. The fraction of sp³-hybridized carbons (Fsp3) is 0.733. The highest BCUT2D eigenvalue weighted by molar-refractivity contribution is 5.03. The Labute approximate surface area is 138 Å². The largest absolute Gasteiger partial charge is 0.394 e. The fourth-order valence-corrected chi connectivity index (χ4v) is 3.17. The topological polar surface area (TPSA) is 126 Å². The van der Waals surface area contributed by atoms with Gasteiger partial charge in [-0.05, 0) is 26.3 Å². The Morgan fingerprint density at radius 2 is 2.25 bits per heavy atom. The van der Waals surface area contributed by atoms with Crippen molar-refractivity contribution in [3.05, 3.63) is 32.6 Å². The fourth-order valence-electron chi connectivity index (χ4n) is 3.17. The van der Waals surface area contributed by atoms with Crippen LogP contribution in [0.2, 0.25) is 0 Å². The molecule has 0 spiro atoms. The van der Waals surface area contributed by atoms with Crippen LogP contribution in [0, 0.1) is 6.92 Å². The number of aryl methyl sites for hydroxylation is 1. The molecule has 0 bridgehead atoms. The highest BCUT2D eigenvalue weighted by atomic mass is 16.6. The van der Waals surface area contributed by atoms with Crippen molar-refractivity contribution in [2.24, 2.45) is 0 Å². The number of nitrogens with one attached hydrogen (secondary N) is 2. The molecule has 2 aliphatic heterocycles. The number of nitrogens with zero attached hydrogens (tertiary/aromatic N) is 1. The minimum Gasteiger partial charge on any atom is -0.394 e. The lowest BCUT2D eigenvalue weighted by molar-refractivity contribution is -0.0775. The van der Waals surface area contributed by atoms with Crippen LogP contribution >= 0.6 is 0 Å². The van der Waals surface area contributed by atoms with Gasteiger partial charge in [-0.2, -0.15) is 0 Å². The quantitative estimate of drug-likeness (QED) is 0.499. The molecule has 2 aliphatic rings. The molecule has 0 unspecified atom stereocenters. The maximum Gasteiger partial charge on any atom is 0.330 e. The van der Waals surface area contributed by atoms with Gasteiger partial charge in [-0.3, -0.25) is 14.3 Å². The molecule has 0 saturated carbocycles. The molecular weight excluding hydrogens is 318 g/mol. The molecule has 1 aromatic heterocycles. The van der Waals surface area contributed by atoms with Crippen LogP contribution in [0.15, 0.2) is 15.8 Å². The SMILES string of the molecule is Cc1cn([C@@H]2O[C@H](CO)[C@@H](O)[C@H]2OC[C@@H]2CCCN2)c(=O)[nH]c1=O. The third-order valence-corrected chi connectivity index (χ3v) is 4.56. The summed E-state index contributed by atoms with van der Waals surface area (Å²) in [6.45, 7) is 2.48. The molecule has 9 heteroatoms. The first-order valence-electron chi connectivity index (χ1n) is 8.12. The van der Waals surface area contributed by atoms with Crippen LogP contribution in [0.5, 0.6) is 0 Å². The summed E-state index contributed by atoms with van der Waals surface area (Å²) < 4.78 is 12.6. The number of hydrogen-bond donors (Lipinski definition) is 4. The van der Waals surface area contributed by atoms with Crippen molar-refractivity contribution in [3.63, 3.8) is 0 Å². The van der Waals surface area contributed by atoms with Crippen LogP contribution in [0.3, 0.4) is 0 Å². The van der Waals surface area contributed by atoms with Gasteiger partial charge in [-0.25, -0.2) is 4.79 Å². The second-order valence-corrected chi connectivity index (χ2v) is 6.31. The molecule has 134 valence electrons. The first kappa shape index (κ1) is 17.3. The van der Waals surface area contributed by atoms with Gasteiger partial charge in [-0.15, -0.1) is 0 Å². The highest BCUT2D eigenvalue weighted by Crippen LogP contribution is 2.31. The summed E-state index contributed by atoms with van der Waals surface area (Å²) >= 11 is 0. The lowest BCUT2D eigenvalue weighted by atomic mass is 10.1. The van der Waals surface area contributed by atoms with E-state index in [1.54, 1.807) is 6.92 Å². The van der Waals surface area contributed by atoms with Crippen LogP contribution < -0.4 is 16.6 Å². The molecule has 2 fully saturated rings. The van der Waals surface area contributed by atoms with E-state index in [0.29, 0.717) is 12.2 Å². The van der Waals surface area contributed by atoms with Crippen molar-refractivity contribution in [1.29, 1.82) is 0 Å². The van der Waals surface area contributed by atoms with E-state index in [-0.39, 0.29) is 6.04 Å². The summed E-state index contributed by atoms with van der Waals surface area (Å²) in [5, 5.41) is 23.0. The maximum atomic E-state index is 12.1. The van der Waals surface area contributed by atoms with Crippen LogP contribution in [-0.2, 0) is 9.47 Å². The van der Waals surface area contributed by atoms with Crippen molar-refractivity contribution >= 4 is 0 Å². The van der Waals surface area contributed by atoms with E-state index in [1.165, 1.54) is 10.8 Å². The first-order valence-corrected chi connectivity index (χ1v) is 8.12. The molecule has 5 atom stereocenters. The van der Waals surface area contributed by atoms with Gasteiger partial charge < -0.3 is 25.0 Å². The smallest absolute Gasteiger partial charge is 0.330 e. The predicted octanol–water partition coefficient (Wildman–Crippen LogP) is -1.77. The molecule has 0 radical (unpaired) electrons. The zero-order chi connectivity index (χ0) is 17.3. The minimum absolute atomic E-state index is 0.195. The normalized spacial score (nSPS) is 33.2. The molecule has 3 rings (SSSR count). The van der Waals surface area contributed by atoms with Gasteiger partial charge in [-0.1, -0.05) is 0 Å². The molecule has 0 amide bonds. The van der Waals surface area contributed by atoms with E-state index in [2.05, 4.69) is 10.3 Å². The standard InChI is InChI=1S/C15H23N3O6/c1-8-5-18(15(22)17-13(8)21)14-12(11(20)10(6-19)24-14)23-7-9-3-2-4-16-9/h5,9-12,14,16,19-20H,2-4,6-7H2,1H3,(H,17,21,22)/t9-,10+,11+,12+,14+/m0/s1. The molecular formula is C15H23N3O6. The molecule has 1 aromatic rings. The lowest BCUT2D eigenvalue weighted by Gasteiger charge is -2.24. The number of aliphatic hydroxyl groups is 2. The molecule has 4 N–H and O–H groups in total. The van der Waals surface area contributed by atoms with Crippen LogP contribution in [0.1, 0.15) is 24.6 Å². The van der Waals surface area contributed by atoms with E-state index in [0.717, 1.165) is 19.4 Å². The molecule has 9 nitrogen and oxygen atoms in total.